The Bertz CT molecular complexity index is 870. The standard InChI is InChI=1S/C21H25BrN4O3/c1-4-26(14(2)21(29)25-19-7-5-6-16(22)12-19)13-20(28)24-18-10-8-17(9-11-18)23-15(3)27/h5-12,14H,4,13H2,1-3H3,(H,23,27)(H,24,28)(H,25,29). The van der Waals surface area contributed by atoms with Crippen LogP contribution in [0.2, 0.25) is 0 Å². The number of nitrogens with one attached hydrogen (secondary N) is 3. The van der Waals surface area contributed by atoms with Gasteiger partial charge in [0.2, 0.25) is 17.7 Å². The topological polar surface area (TPSA) is 90.5 Å². The van der Waals surface area contributed by atoms with Crippen LogP contribution in [0, 0.1) is 0 Å². The van der Waals surface area contributed by atoms with E-state index in [0.29, 0.717) is 23.6 Å². The fraction of sp³-hybridized carbons (Fsp3) is 0.286. The molecule has 0 saturated carbocycles. The average Bonchev–Trinajstić information content (AvgIpc) is 2.66. The monoisotopic (exact) mass is 460 g/mol. The first kappa shape index (κ1) is 22.6. The summed E-state index contributed by atoms with van der Waals surface area (Å²) in [6, 6.07) is 13.7. The van der Waals surface area contributed by atoms with E-state index in [-0.39, 0.29) is 24.3 Å². The van der Waals surface area contributed by atoms with Crippen molar-refractivity contribution in [1.29, 1.82) is 0 Å². The van der Waals surface area contributed by atoms with Crippen molar-refractivity contribution >= 4 is 50.7 Å². The van der Waals surface area contributed by atoms with Crippen LogP contribution >= 0.6 is 15.9 Å². The number of carbonyl (C=O) groups excluding carboxylic acids is 3. The van der Waals surface area contributed by atoms with Crippen molar-refractivity contribution in [2.45, 2.75) is 26.8 Å². The number of anilines is 3. The largest absolute Gasteiger partial charge is 0.326 e. The van der Waals surface area contributed by atoms with E-state index in [4.69, 9.17) is 0 Å². The Labute approximate surface area is 179 Å². The summed E-state index contributed by atoms with van der Waals surface area (Å²) in [4.78, 5) is 37.8. The Morgan fingerprint density at radius 3 is 2.14 bits per heavy atom. The fourth-order valence-electron chi connectivity index (χ4n) is 2.73. The maximum absolute atomic E-state index is 12.6. The van der Waals surface area contributed by atoms with Gasteiger partial charge < -0.3 is 16.0 Å². The zero-order valence-electron chi connectivity index (χ0n) is 16.7. The Morgan fingerprint density at radius 2 is 1.59 bits per heavy atom. The summed E-state index contributed by atoms with van der Waals surface area (Å²) in [6.45, 7) is 5.73. The first-order chi connectivity index (χ1) is 13.8. The molecule has 29 heavy (non-hydrogen) atoms. The molecule has 7 nitrogen and oxygen atoms in total. The summed E-state index contributed by atoms with van der Waals surface area (Å²) in [5.74, 6) is -0.561. The van der Waals surface area contributed by atoms with Crippen LogP contribution in [0.1, 0.15) is 20.8 Å². The summed E-state index contributed by atoms with van der Waals surface area (Å²) in [7, 11) is 0. The van der Waals surface area contributed by atoms with E-state index < -0.39 is 6.04 Å². The van der Waals surface area contributed by atoms with Gasteiger partial charge in [-0.3, -0.25) is 19.3 Å². The Hall–Kier alpha value is -2.71. The van der Waals surface area contributed by atoms with E-state index in [2.05, 4.69) is 31.9 Å². The third kappa shape index (κ3) is 7.32. The Balaban J connectivity index is 1.92. The third-order valence-electron chi connectivity index (χ3n) is 4.26. The highest BCUT2D eigenvalue weighted by molar-refractivity contribution is 9.10. The van der Waals surface area contributed by atoms with E-state index in [1.165, 1.54) is 6.92 Å². The lowest BCUT2D eigenvalue weighted by Crippen LogP contribution is -2.45. The summed E-state index contributed by atoms with van der Waals surface area (Å²) < 4.78 is 0.874. The number of likely N-dealkylation sites (N-methyl/N-ethyl adjacent to an activating group) is 1. The van der Waals surface area contributed by atoms with E-state index in [1.54, 1.807) is 36.1 Å². The van der Waals surface area contributed by atoms with Crippen molar-refractivity contribution in [1.82, 2.24) is 4.90 Å². The first-order valence-electron chi connectivity index (χ1n) is 9.26. The maximum Gasteiger partial charge on any atom is 0.241 e. The molecule has 0 heterocycles. The van der Waals surface area contributed by atoms with Crippen LogP contribution < -0.4 is 16.0 Å². The number of nitrogens with zero attached hydrogens (tertiary/aromatic N) is 1. The second-order valence-corrected chi connectivity index (χ2v) is 7.46. The Kier molecular flexibility index (Phi) is 8.35. The summed E-state index contributed by atoms with van der Waals surface area (Å²) in [6.07, 6.45) is 0. The van der Waals surface area contributed by atoms with Gasteiger partial charge in [-0.05, 0) is 55.9 Å². The number of hydrogen-bond acceptors (Lipinski definition) is 4. The third-order valence-corrected chi connectivity index (χ3v) is 4.75. The molecule has 2 rings (SSSR count). The lowest BCUT2D eigenvalue weighted by Gasteiger charge is -2.26. The zero-order valence-corrected chi connectivity index (χ0v) is 18.2. The van der Waals surface area contributed by atoms with Gasteiger partial charge in [-0.2, -0.15) is 0 Å². The summed E-state index contributed by atoms with van der Waals surface area (Å²) >= 11 is 3.38. The van der Waals surface area contributed by atoms with E-state index in [9.17, 15) is 14.4 Å². The second-order valence-electron chi connectivity index (χ2n) is 6.55. The van der Waals surface area contributed by atoms with Gasteiger partial charge in [0.1, 0.15) is 0 Å². The summed E-state index contributed by atoms with van der Waals surface area (Å²) in [5.41, 5.74) is 1.96. The van der Waals surface area contributed by atoms with Crippen LogP contribution in [0.25, 0.3) is 0 Å². The van der Waals surface area contributed by atoms with Crippen molar-refractivity contribution in [3.05, 3.63) is 53.0 Å². The quantitative estimate of drug-likeness (QED) is 0.559. The SMILES string of the molecule is CCN(CC(=O)Nc1ccc(NC(C)=O)cc1)C(C)C(=O)Nc1cccc(Br)c1. The van der Waals surface area contributed by atoms with Gasteiger partial charge in [-0.15, -0.1) is 0 Å². The number of amides is 3. The van der Waals surface area contributed by atoms with Crippen molar-refractivity contribution in [3.63, 3.8) is 0 Å². The molecule has 0 aliphatic carbocycles. The molecule has 0 spiro atoms. The molecule has 1 unspecified atom stereocenters. The van der Waals surface area contributed by atoms with Crippen LogP contribution in [0.15, 0.2) is 53.0 Å². The van der Waals surface area contributed by atoms with Gasteiger partial charge in [0.25, 0.3) is 0 Å². The molecule has 0 bridgehead atoms. The molecule has 0 fully saturated rings. The summed E-state index contributed by atoms with van der Waals surface area (Å²) in [5, 5.41) is 8.34. The molecule has 0 aromatic heterocycles. The van der Waals surface area contributed by atoms with Crippen LogP contribution in [-0.2, 0) is 14.4 Å². The molecule has 3 amide bonds. The predicted molar refractivity (Wildman–Crippen MR) is 119 cm³/mol. The molecule has 0 saturated heterocycles. The minimum Gasteiger partial charge on any atom is -0.326 e. The molecule has 2 aromatic rings. The molecule has 0 radical (unpaired) electrons. The second kappa shape index (κ2) is 10.7. The van der Waals surface area contributed by atoms with E-state index >= 15 is 0 Å². The van der Waals surface area contributed by atoms with Crippen LogP contribution in [0.3, 0.4) is 0 Å². The smallest absolute Gasteiger partial charge is 0.241 e. The zero-order chi connectivity index (χ0) is 21.4. The first-order valence-corrected chi connectivity index (χ1v) is 10.1. The number of hydrogen-bond donors (Lipinski definition) is 3. The van der Waals surface area contributed by atoms with Gasteiger partial charge in [-0.1, -0.05) is 28.9 Å². The van der Waals surface area contributed by atoms with Gasteiger partial charge in [-0.25, -0.2) is 0 Å². The van der Waals surface area contributed by atoms with Gasteiger partial charge in [0, 0.05) is 28.5 Å². The fourth-order valence-corrected chi connectivity index (χ4v) is 3.13. The number of benzene rings is 2. The van der Waals surface area contributed by atoms with E-state index in [0.717, 1.165) is 4.47 Å². The van der Waals surface area contributed by atoms with Crippen molar-refractivity contribution in [3.8, 4) is 0 Å². The normalized spacial score (nSPS) is 11.6. The molecular formula is C21H25BrN4O3. The minimum absolute atomic E-state index is 0.0804. The van der Waals surface area contributed by atoms with Gasteiger partial charge in [0.15, 0.2) is 0 Å². The van der Waals surface area contributed by atoms with Gasteiger partial charge >= 0.3 is 0 Å². The molecule has 2 aromatic carbocycles. The highest BCUT2D eigenvalue weighted by Gasteiger charge is 2.22. The van der Waals surface area contributed by atoms with Crippen LogP contribution in [0.4, 0.5) is 17.1 Å². The average molecular weight is 461 g/mol. The maximum atomic E-state index is 12.6. The number of halogens is 1. The van der Waals surface area contributed by atoms with Crippen LogP contribution in [-0.4, -0.2) is 41.8 Å². The Morgan fingerprint density at radius 1 is 0.966 bits per heavy atom. The number of carbonyl (C=O) groups is 3. The lowest BCUT2D eigenvalue weighted by atomic mass is 10.2. The molecule has 1 atom stereocenters. The van der Waals surface area contributed by atoms with Crippen molar-refractivity contribution in [2.75, 3.05) is 29.0 Å². The van der Waals surface area contributed by atoms with Crippen LogP contribution in [0.5, 0.6) is 0 Å². The van der Waals surface area contributed by atoms with E-state index in [1.807, 2.05) is 31.2 Å². The van der Waals surface area contributed by atoms with Crippen molar-refractivity contribution < 1.29 is 14.4 Å². The number of rotatable bonds is 8. The molecular weight excluding hydrogens is 436 g/mol. The lowest BCUT2D eigenvalue weighted by molar-refractivity contribution is -0.123. The molecule has 8 heteroatoms. The molecule has 3 N–H and O–H groups in total. The highest BCUT2D eigenvalue weighted by Crippen LogP contribution is 2.17. The minimum atomic E-state index is -0.480. The predicted octanol–water partition coefficient (Wildman–Crippen LogP) is 3.70. The molecule has 0 aliphatic rings. The molecule has 0 aliphatic heterocycles. The van der Waals surface area contributed by atoms with Gasteiger partial charge in [0.05, 0.1) is 12.6 Å². The van der Waals surface area contributed by atoms with Crippen molar-refractivity contribution in [2.24, 2.45) is 0 Å². The highest BCUT2D eigenvalue weighted by atomic mass is 79.9. The molecule has 154 valence electrons.